The maximum atomic E-state index is 6.32. The topological polar surface area (TPSA) is 25.4 Å². The van der Waals surface area contributed by atoms with E-state index in [4.69, 9.17) is 9.72 Å². The monoisotopic (exact) mass is 346 g/mol. The molecular weight excluding hydrogens is 320 g/mol. The van der Waals surface area contributed by atoms with Crippen molar-refractivity contribution < 1.29 is 4.74 Å². The quantitative estimate of drug-likeness (QED) is 0.665. The van der Waals surface area contributed by atoms with Crippen LogP contribution in [0.5, 0.6) is 5.88 Å². The first-order valence-corrected chi connectivity index (χ1v) is 9.47. The Balaban J connectivity index is 1.72. The van der Waals surface area contributed by atoms with Crippen LogP contribution in [0.4, 0.5) is 0 Å². The normalized spacial score (nSPS) is 17.6. The number of nitrogens with zero attached hydrogens (tertiary/aromatic N) is 2. The third-order valence-corrected chi connectivity index (χ3v) is 5.39. The third-order valence-electron chi connectivity index (χ3n) is 5.39. The molecule has 3 heteroatoms. The number of hydrogen-bond acceptors (Lipinski definition) is 3. The van der Waals surface area contributed by atoms with Crippen LogP contribution in [0.25, 0.3) is 10.9 Å². The van der Waals surface area contributed by atoms with E-state index in [1.54, 1.807) is 0 Å². The zero-order valence-corrected chi connectivity index (χ0v) is 15.8. The summed E-state index contributed by atoms with van der Waals surface area (Å²) >= 11 is 0. The molecule has 2 heterocycles. The average Bonchev–Trinajstić information content (AvgIpc) is 2.82. The van der Waals surface area contributed by atoms with Gasteiger partial charge >= 0.3 is 0 Å². The van der Waals surface area contributed by atoms with Crippen LogP contribution in [-0.2, 0) is 13.1 Å². The average molecular weight is 346 g/mol. The molecule has 0 N–H and O–H groups in total. The van der Waals surface area contributed by atoms with E-state index in [2.05, 4.69) is 74.2 Å². The van der Waals surface area contributed by atoms with Gasteiger partial charge < -0.3 is 4.74 Å². The second-order valence-corrected chi connectivity index (χ2v) is 7.34. The van der Waals surface area contributed by atoms with Gasteiger partial charge in [0.1, 0.15) is 6.10 Å². The summed E-state index contributed by atoms with van der Waals surface area (Å²) in [6.07, 6.45) is 1.16. The minimum absolute atomic E-state index is 0.176. The van der Waals surface area contributed by atoms with Crippen LogP contribution in [0.1, 0.15) is 35.6 Å². The Hall–Kier alpha value is -2.39. The molecule has 1 aromatic heterocycles. The molecule has 0 saturated heterocycles. The molecule has 0 aliphatic carbocycles. The second kappa shape index (κ2) is 7.08. The molecular formula is C23H26N2O. The van der Waals surface area contributed by atoms with E-state index in [0.717, 1.165) is 37.5 Å². The summed E-state index contributed by atoms with van der Waals surface area (Å²) in [5.41, 5.74) is 6.11. The molecule has 3 aromatic rings. The summed E-state index contributed by atoms with van der Waals surface area (Å²) in [5, 5.41) is 1.20. The highest BCUT2D eigenvalue weighted by atomic mass is 16.5. The van der Waals surface area contributed by atoms with Crippen molar-refractivity contribution in [1.82, 2.24) is 9.88 Å². The summed E-state index contributed by atoms with van der Waals surface area (Å²) in [6, 6.07) is 17.3. The predicted octanol–water partition coefficient (Wildman–Crippen LogP) is 5.02. The highest BCUT2D eigenvalue weighted by Crippen LogP contribution is 2.30. The van der Waals surface area contributed by atoms with Gasteiger partial charge in [0.25, 0.3) is 0 Å². The molecule has 0 amide bonds. The molecule has 0 unspecified atom stereocenters. The molecule has 1 atom stereocenters. The number of aromatic nitrogens is 1. The molecule has 0 spiro atoms. The maximum absolute atomic E-state index is 6.32. The van der Waals surface area contributed by atoms with Crippen LogP contribution >= 0.6 is 0 Å². The first-order valence-electron chi connectivity index (χ1n) is 9.47. The van der Waals surface area contributed by atoms with Crippen LogP contribution in [-0.4, -0.2) is 22.5 Å². The smallest absolute Gasteiger partial charge is 0.218 e. The van der Waals surface area contributed by atoms with Gasteiger partial charge in [-0.2, -0.15) is 0 Å². The third kappa shape index (κ3) is 3.32. The molecule has 0 fully saturated rings. The minimum atomic E-state index is 0.176. The van der Waals surface area contributed by atoms with Gasteiger partial charge in [-0.3, -0.25) is 4.90 Å². The van der Waals surface area contributed by atoms with Gasteiger partial charge in [0.15, 0.2) is 0 Å². The van der Waals surface area contributed by atoms with E-state index in [-0.39, 0.29) is 6.10 Å². The first kappa shape index (κ1) is 17.0. The Morgan fingerprint density at radius 1 is 1.12 bits per heavy atom. The van der Waals surface area contributed by atoms with E-state index >= 15 is 0 Å². The Labute approximate surface area is 155 Å². The molecule has 2 aromatic carbocycles. The summed E-state index contributed by atoms with van der Waals surface area (Å²) in [4.78, 5) is 7.40. The number of aryl methyl sites for hydroxylation is 2. The van der Waals surface area contributed by atoms with Crippen molar-refractivity contribution in [1.29, 1.82) is 0 Å². The maximum Gasteiger partial charge on any atom is 0.218 e. The number of pyridine rings is 1. The van der Waals surface area contributed by atoms with Gasteiger partial charge in [-0.15, -0.1) is 0 Å². The van der Waals surface area contributed by atoms with E-state index < -0.39 is 0 Å². The Morgan fingerprint density at radius 3 is 2.69 bits per heavy atom. The fourth-order valence-corrected chi connectivity index (χ4v) is 3.69. The summed E-state index contributed by atoms with van der Waals surface area (Å²) in [7, 11) is 0. The molecule has 0 saturated carbocycles. The Morgan fingerprint density at radius 2 is 1.92 bits per heavy atom. The van der Waals surface area contributed by atoms with Crippen molar-refractivity contribution in [2.75, 3.05) is 6.54 Å². The van der Waals surface area contributed by atoms with E-state index in [1.807, 2.05) is 0 Å². The van der Waals surface area contributed by atoms with Crippen molar-refractivity contribution in [2.45, 2.75) is 46.4 Å². The first-order chi connectivity index (χ1) is 12.6. The van der Waals surface area contributed by atoms with Crippen LogP contribution in [0.3, 0.4) is 0 Å². The van der Waals surface area contributed by atoms with Crippen molar-refractivity contribution in [3.05, 3.63) is 70.8 Å². The van der Waals surface area contributed by atoms with Crippen molar-refractivity contribution in [3.63, 3.8) is 0 Å². The summed E-state index contributed by atoms with van der Waals surface area (Å²) in [6.45, 7) is 9.21. The van der Waals surface area contributed by atoms with Crippen LogP contribution in [0.15, 0.2) is 48.5 Å². The van der Waals surface area contributed by atoms with E-state index in [9.17, 15) is 0 Å². The molecule has 134 valence electrons. The van der Waals surface area contributed by atoms with Crippen LogP contribution in [0.2, 0.25) is 0 Å². The fraction of sp³-hybridized carbons (Fsp3) is 0.348. The number of benzene rings is 2. The lowest BCUT2D eigenvalue weighted by Gasteiger charge is -2.23. The lowest BCUT2D eigenvalue weighted by molar-refractivity contribution is 0.136. The minimum Gasteiger partial charge on any atom is -0.473 e. The van der Waals surface area contributed by atoms with E-state index in [1.165, 1.54) is 27.6 Å². The van der Waals surface area contributed by atoms with Gasteiger partial charge in [-0.25, -0.2) is 4.98 Å². The summed E-state index contributed by atoms with van der Waals surface area (Å²) in [5.74, 6) is 0.814. The number of ether oxygens (including phenoxy) is 1. The Bertz CT molecular complexity index is 920. The molecule has 0 bridgehead atoms. The van der Waals surface area contributed by atoms with Gasteiger partial charge in [0, 0.05) is 30.6 Å². The standard InChI is InChI=1S/C23H26N2O/c1-4-21-15-25(13-18-8-6-5-7-9-18)14-20-12-19-11-10-16(2)17(3)22(19)24-23(20)26-21/h5-12,21H,4,13-15H2,1-3H3/t21-/m0/s1. The molecule has 26 heavy (non-hydrogen) atoms. The van der Waals surface area contributed by atoms with Gasteiger partial charge in [-0.05, 0) is 43.0 Å². The predicted molar refractivity (Wildman–Crippen MR) is 106 cm³/mol. The fourth-order valence-electron chi connectivity index (χ4n) is 3.69. The zero-order chi connectivity index (χ0) is 18.1. The SMILES string of the molecule is CC[C@H]1CN(Cc2ccccc2)Cc2cc3ccc(C)c(C)c3nc2O1. The number of rotatable bonds is 3. The zero-order valence-electron chi connectivity index (χ0n) is 15.8. The van der Waals surface area contributed by atoms with Crippen molar-refractivity contribution >= 4 is 10.9 Å². The molecule has 1 aliphatic rings. The number of fused-ring (bicyclic) bond motifs is 2. The Kier molecular flexibility index (Phi) is 4.64. The molecule has 4 rings (SSSR count). The van der Waals surface area contributed by atoms with E-state index in [0.29, 0.717) is 0 Å². The molecule has 3 nitrogen and oxygen atoms in total. The highest BCUT2D eigenvalue weighted by molar-refractivity contribution is 5.84. The van der Waals surface area contributed by atoms with Crippen molar-refractivity contribution in [2.24, 2.45) is 0 Å². The lowest BCUT2D eigenvalue weighted by atomic mass is 10.0. The summed E-state index contributed by atoms with van der Waals surface area (Å²) < 4.78 is 6.32. The molecule has 1 aliphatic heterocycles. The van der Waals surface area contributed by atoms with Crippen LogP contribution < -0.4 is 4.74 Å². The second-order valence-electron chi connectivity index (χ2n) is 7.34. The largest absolute Gasteiger partial charge is 0.473 e. The van der Waals surface area contributed by atoms with Gasteiger partial charge in [0.2, 0.25) is 5.88 Å². The lowest BCUT2D eigenvalue weighted by Crippen LogP contribution is -2.32. The van der Waals surface area contributed by atoms with Gasteiger partial charge in [-0.1, -0.05) is 49.4 Å². The number of hydrogen-bond donors (Lipinski definition) is 0. The van der Waals surface area contributed by atoms with Crippen molar-refractivity contribution in [3.8, 4) is 5.88 Å². The van der Waals surface area contributed by atoms with Gasteiger partial charge in [0.05, 0.1) is 5.52 Å². The highest BCUT2D eigenvalue weighted by Gasteiger charge is 2.24. The molecule has 0 radical (unpaired) electrons. The van der Waals surface area contributed by atoms with Crippen LogP contribution in [0, 0.1) is 13.8 Å².